The van der Waals surface area contributed by atoms with Crippen molar-refractivity contribution in [3.8, 4) is 17.7 Å². The van der Waals surface area contributed by atoms with Crippen molar-refractivity contribution in [1.82, 2.24) is 24.3 Å². The average Bonchev–Trinajstić information content (AvgIpc) is 3.42. The summed E-state index contributed by atoms with van der Waals surface area (Å²) in [4.78, 5) is 4.48. The molecule has 0 aliphatic heterocycles. The number of para-hydroxylation sites is 2. The molecule has 0 unspecified atom stereocenters. The molecular formula is C19H16N6O2S. The Hall–Kier alpha value is -3.51. The second kappa shape index (κ2) is 7.25. The number of aryl methyl sites for hydroxylation is 1. The Labute approximate surface area is 164 Å². The molecule has 4 aromatic rings. The van der Waals surface area contributed by atoms with Crippen molar-refractivity contribution in [3.63, 3.8) is 0 Å². The van der Waals surface area contributed by atoms with Crippen LogP contribution < -0.4 is 0 Å². The maximum absolute atomic E-state index is 10.6. The van der Waals surface area contributed by atoms with Gasteiger partial charge < -0.3 is 18.7 Å². The van der Waals surface area contributed by atoms with Crippen LogP contribution in [0.3, 0.4) is 0 Å². The van der Waals surface area contributed by atoms with E-state index in [1.54, 1.807) is 27.5 Å². The van der Waals surface area contributed by atoms with Gasteiger partial charge in [0.1, 0.15) is 17.4 Å². The van der Waals surface area contributed by atoms with Crippen LogP contribution in [0.1, 0.15) is 5.82 Å². The molecule has 0 aliphatic carbocycles. The lowest BCUT2D eigenvalue weighted by Gasteiger charge is -2.05. The fourth-order valence-corrected chi connectivity index (χ4v) is 3.67. The van der Waals surface area contributed by atoms with Gasteiger partial charge in [-0.3, -0.25) is 0 Å². The van der Waals surface area contributed by atoms with E-state index in [0.29, 0.717) is 22.6 Å². The summed E-state index contributed by atoms with van der Waals surface area (Å²) in [7, 11) is 3.64. The van der Waals surface area contributed by atoms with E-state index in [0.717, 1.165) is 11.0 Å². The van der Waals surface area contributed by atoms with E-state index < -0.39 is 0 Å². The third-order valence-electron chi connectivity index (χ3n) is 4.33. The molecule has 8 nitrogen and oxygen atoms in total. The fraction of sp³-hybridized carbons (Fsp3) is 0.158. The SMILES string of the molecule is Cn1c(SC/C(O)=C(\C#N)c2nc3ccccc3n2C)nnc1-c1ccco1. The molecule has 0 atom stereocenters. The standard InChI is InChI=1S/C19H16N6O2S/c1-24-14-7-4-3-6-13(14)21-17(24)12(10-20)15(26)11-28-19-23-22-18(25(19)2)16-8-5-9-27-16/h3-9,26H,11H2,1-2H3/b15-12-. The molecule has 3 heterocycles. The summed E-state index contributed by atoms with van der Waals surface area (Å²) in [6, 6.07) is 13.2. The van der Waals surface area contributed by atoms with Gasteiger partial charge in [0.25, 0.3) is 0 Å². The number of fused-ring (bicyclic) bond motifs is 1. The van der Waals surface area contributed by atoms with E-state index in [-0.39, 0.29) is 17.1 Å². The van der Waals surface area contributed by atoms with E-state index in [4.69, 9.17) is 4.42 Å². The van der Waals surface area contributed by atoms with Crippen LogP contribution in [0, 0.1) is 11.3 Å². The van der Waals surface area contributed by atoms with Crippen molar-refractivity contribution in [2.45, 2.75) is 5.16 Å². The van der Waals surface area contributed by atoms with Gasteiger partial charge in [0.2, 0.25) is 0 Å². The van der Waals surface area contributed by atoms with E-state index in [1.165, 1.54) is 11.8 Å². The minimum absolute atomic E-state index is 0.0616. The number of benzene rings is 1. The van der Waals surface area contributed by atoms with Gasteiger partial charge in [-0.25, -0.2) is 4.98 Å². The van der Waals surface area contributed by atoms with Crippen molar-refractivity contribution in [2.75, 3.05) is 5.75 Å². The lowest BCUT2D eigenvalue weighted by molar-refractivity contribution is 0.420. The number of aliphatic hydroxyl groups excluding tert-OH is 1. The number of hydrogen-bond acceptors (Lipinski definition) is 7. The Morgan fingerprint density at radius 2 is 2.00 bits per heavy atom. The van der Waals surface area contributed by atoms with Gasteiger partial charge in [0, 0.05) is 14.1 Å². The maximum Gasteiger partial charge on any atom is 0.200 e. The molecule has 9 heteroatoms. The average molecular weight is 392 g/mol. The van der Waals surface area contributed by atoms with Crippen molar-refractivity contribution in [3.05, 3.63) is 54.2 Å². The zero-order valence-corrected chi connectivity index (χ0v) is 16.0. The molecule has 0 radical (unpaired) electrons. The summed E-state index contributed by atoms with van der Waals surface area (Å²) in [5, 5.41) is 29.0. The number of nitrogens with zero attached hydrogens (tertiary/aromatic N) is 6. The molecule has 0 amide bonds. The van der Waals surface area contributed by atoms with Crippen LogP contribution in [0.5, 0.6) is 0 Å². The number of allylic oxidation sites excluding steroid dienone is 1. The first kappa shape index (κ1) is 17.9. The van der Waals surface area contributed by atoms with E-state index in [9.17, 15) is 10.4 Å². The minimum Gasteiger partial charge on any atom is -0.510 e. The summed E-state index contributed by atoms with van der Waals surface area (Å²) < 4.78 is 8.92. The highest BCUT2D eigenvalue weighted by Crippen LogP contribution is 2.27. The van der Waals surface area contributed by atoms with Crippen LogP contribution in [-0.2, 0) is 14.1 Å². The first-order valence-corrected chi connectivity index (χ1v) is 9.38. The summed E-state index contributed by atoms with van der Waals surface area (Å²) in [5.41, 5.74) is 1.80. The molecule has 140 valence electrons. The number of imidazole rings is 1. The molecule has 4 rings (SSSR count). The van der Waals surface area contributed by atoms with Crippen LogP contribution in [0.2, 0.25) is 0 Å². The van der Waals surface area contributed by atoms with E-state index >= 15 is 0 Å². The number of hydrogen-bond donors (Lipinski definition) is 1. The number of nitriles is 1. The molecule has 1 aromatic carbocycles. The summed E-state index contributed by atoms with van der Waals surface area (Å²) in [5.74, 6) is 1.73. The van der Waals surface area contributed by atoms with Crippen molar-refractivity contribution in [1.29, 1.82) is 5.26 Å². The van der Waals surface area contributed by atoms with Gasteiger partial charge in [0.15, 0.2) is 22.6 Å². The van der Waals surface area contributed by atoms with Gasteiger partial charge in [-0.1, -0.05) is 23.9 Å². The second-order valence-corrected chi connectivity index (χ2v) is 6.99. The summed E-state index contributed by atoms with van der Waals surface area (Å²) in [6.07, 6.45) is 1.57. The third-order valence-corrected chi connectivity index (χ3v) is 5.36. The van der Waals surface area contributed by atoms with Crippen molar-refractivity contribution >= 4 is 28.4 Å². The quantitative estimate of drug-likeness (QED) is 0.314. The molecule has 0 aliphatic rings. The predicted octanol–water partition coefficient (Wildman–Crippen LogP) is 3.55. The summed E-state index contributed by atoms with van der Waals surface area (Å²) in [6.45, 7) is 0. The number of rotatable bonds is 5. The van der Waals surface area contributed by atoms with Gasteiger partial charge >= 0.3 is 0 Å². The maximum atomic E-state index is 10.6. The van der Waals surface area contributed by atoms with Gasteiger partial charge in [0.05, 0.1) is 23.0 Å². The Bertz CT molecular complexity index is 1210. The summed E-state index contributed by atoms with van der Waals surface area (Å²) >= 11 is 1.28. The lowest BCUT2D eigenvalue weighted by Crippen LogP contribution is -2.01. The van der Waals surface area contributed by atoms with Gasteiger partial charge in [-0.15, -0.1) is 10.2 Å². The van der Waals surface area contributed by atoms with Crippen LogP contribution in [-0.4, -0.2) is 35.2 Å². The fourth-order valence-electron chi connectivity index (χ4n) is 2.88. The number of furan rings is 1. The zero-order valence-electron chi connectivity index (χ0n) is 15.2. The highest BCUT2D eigenvalue weighted by molar-refractivity contribution is 7.99. The second-order valence-electron chi connectivity index (χ2n) is 6.05. The topological polar surface area (TPSA) is 106 Å². The Morgan fingerprint density at radius 1 is 1.18 bits per heavy atom. The minimum atomic E-state index is -0.0616. The molecule has 0 bridgehead atoms. The Balaban J connectivity index is 1.61. The van der Waals surface area contributed by atoms with Crippen LogP contribution in [0.15, 0.2) is 58.0 Å². The normalized spacial score (nSPS) is 12.2. The first-order valence-electron chi connectivity index (χ1n) is 8.40. The highest BCUT2D eigenvalue weighted by Gasteiger charge is 2.18. The smallest absolute Gasteiger partial charge is 0.200 e. The van der Waals surface area contributed by atoms with Crippen LogP contribution in [0.4, 0.5) is 0 Å². The van der Waals surface area contributed by atoms with E-state index in [1.807, 2.05) is 38.4 Å². The van der Waals surface area contributed by atoms with E-state index in [2.05, 4.69) is 21.3 Å². The van der Waals surface area contributed by atoms with Crippen molar-refractivity contribution in [2.24, 2.45) is 14.1 Å². The number of aromatic nitrogens is 5. The van der Waals surface area contributed by atoms with Gasteiger partial charge in [-0.2, -0.15) is 5.26 Å². The largest absolute Gasteiger partial charge is 0.510 e. The molecule has 1 N–H and O–H groups in total. The molecule has 28 heavy (non-hydrogen) atoms. The monoisotopic (exact) mass is 392 g/mol. The van der Waals surface area contributed by atoms with Crippen LogP contribution in [0.25, 0.3) is 28.2 Å². The lowest BCUT2D eigenvalue weighted by atomic mass is 10.2. The molecule has 0 saturated heterocycles. The number of aliphatic hydroxyl groups is 1. The molecular weight excluding hydrogens is 376 g/mol. The van der Waals surface area contributed by atoms with Gasteiger partial charge in [-0.05, 0) is 24.3 Å². The zero-order chi connectivity index (χ0) is 19.7. The molecule has 0 saturated carbocycles. The molecule has 3 aromatic heterocycles. The first-order chi connectivity index (χ1) is 13.6. The predicted molar refractivity (Wildman–Crippen MR) is 105 cm³/mol. The highest BCUT2D eigenvalue weighted by atomic mass is 32.2. The van der Waals surface area contributed by atoms with Crippen LogP contribution >= 0.6 is 11.8 Å². The van der Waals surface area contributed by atoms with Crippen molar-refractivity contribution < 1.29 is 9.52 Å². The molecule has 0 spiro atoms. The molecule has 0 fully saturated rings. The number of thioether (sulfide) groups is 1. The Morgan fingerprint density at radius 3 is 2.71 bits per heavy atom. The Kier molecular flexibility index (Phi) is 4.63. The third kappa shape index (κ3) is 3.04.